The summed E-state index contributed by atoms with van der Waals surface area (Å²) in [5, 5.41) is 0. The Labute approximate surface area is 177 Å². The van der Waals surface area contributed by atoms with Gasteiger partial charge in [-0.3, -0.25) is 4.79 Å². The molecule has 6 heteroatoms. The van der Waals surface area contributed by atoms with Crippen LogP contribution < -0.4 is 0 Å². The highest BCUT2D eigenvalue weighted by atomic mass is 35.5. The summed E-state index contributed by atoms with van der Waals surface area (Å²) in [5.41, 5.74) is 0.321. The molecule has 0 spiro atoms. The van der Waals surface area contributed by atoms with Crippen molar-refractivity contribution in [3.63, 3.8) is 0 Å². The van der Waals surface area contributed by atoms with Crippen LogP contribution in [0.5, 0.6) is 0 Å². The fourth-order valence-corrected chi connectivity index (χ4v) is 4.41. The van der Waals surface area contributed by atoms with E-state index >= 15 is 0 Å². The van der Waals surface area contributed by atoms with E-state index in [-0.39, 0.29) is 36.2 Å². The average Bonchev–Trinajstić information content (AvgIpc) is 2.58. The molecule has 0 saturated carbocycles. The standard InChI is InChI=1S/C21H34N2O2.2ClH/c1-7-23(8-2)16-20(5)15-22(6)17(3)14-21(20,25-18(4)24)19-12-10-9-11-13-19;;/h9-13,17H,7-8,14-16H2,1-6H3;2*1H. The lowest BCUT2D eigenvalue weighted by atomic mass is 9.63. The first-order valence-electron chi connectivity index (χ1n) is 9.45. The van der Waals surface area contributed by atoms with E-state index in [0.29, 0.717) is 6.04 Å². The molecule has 1 aromatic rings. The number of likely N-dealkylation sites (tertiary alicyclic amines) is 1. The number of carbonyl (C=O) groups excluding carboxylic acids is 1. The van der Waals surface area contributed by atoms with Gasteiger partial charge in [0.2, 0.25) is 0 Å². The van der Waals surface area contributed by atoms with Crippen LogP contribution in [0.4, 0.5) is 0 Å². The molecule has 1 fully saturated rings. The molecule has 1 aliphatic heterocycles. The number of ether oxygens (including phenoxy) is 1. The number of rotatable bonds is 6. The SMILES string of the molecule is CCN(CC)CC1(C)CN(C)C(C)CC1(OC(C)=O)c1ccccc1.Cl.Cl. The number of hydrogen-bond donors (Lipinski definition) is 0. The molecule has 0 amide bonds. The molecular formula is C21H36Cl2N2O2. The molecule has 1 heterocycles. The van der Waals surface area contributed by atoms with Gasteiger partial charge in [0.1, 0.15) is 5.60 Å². The van der Waals surface area contributed by atoms with Crippen LogP contribution in [0.2, 0.25) is 0 Å². The van der Waals surface area contributed by atoms with Crippen LogP contribution in [0.25, 0.3) is 0 Å². The largest absolute Gasteiger partial charge is 0.454 e. The number of nitrogens with zero attached hydrogens (tertiary/aromatic N) is 2. The average molecular weight is 419 g/mol. The summed E-state index contributed by atoms with van der Waals surface area (Å²) >= 11 is 0. The van der Waals surface area contributed by atoms with Crippen molar-refractivity contribution in [3.8, 4) is 0 Å². The molecule has 0 aliphatic carbocycles. The number of halogens is 2. The normalized spacial score (nSPS) is 28.2. The summed E-state index contributed by atoms with van der Waals surface area (Å²) in [5.74, 6) is -0.202. The number of benzene rings is 1. The van der Waals surface area contributed by atoms with E-state index in [9.17, 15) is 4.79 Å². The summed E-state index contributed by atoms with van der Waals surface area (Å²) in [6.07, 6.45) is 0.810. The van der Waals surface area contributed by atoms with Gasteiger partial charge in [-0.15, -0.1) is 24.8 Å². The Kier molecular flexibility index (Phi) is 10.3. The Morgan fingerprint density at radius 3 is 2.26 bits per heavy atom. The Morgan fingerprint density at radius 2 is 1.78 bits per heavy atom. The predicted octanol–water partition coefficient (Wildman–Crippen LogP) is 4.36. The topological polar surface area (TPSA) is 32.8 Å². The fourth-order valence-electron chi connectivity index (χ4n) is 4.41. The van der Waals surface area contributed by atoms with Crippen LogP contribution in [-0.4, -0.2) is 55.0 Å². The number of hydrogen-bond acceptors (Lipinski definition) is 4. The third kappa shape index (κ3) is 5.38. The van der Waals surface area contributed by atoms with Crippen molar-refractivity contribution in [2.75, 3.05) is 33.2 Å². The second kappa shape index (κ2) is 10.7. The molecule has 0 aromatic heterocycles. The van der Waals surface area contributed by atoms with Crippen LogP contribution in [0.1, 0.15) is 46.6 Å². The minimum absolute atomic E-state index is 0. The number of piperidine rings is 1. The molecular weight excluding hydrogens is 383 g/mol. The Balaban J connectivity index is 0.00000338. The van der Waals surface area contributed by atoms with E-state index in [2.05, 4.69) is 56.7 Å². The minimum atomic E-state index is -0.603. The highest BCUT2D eigenvalue weighted by Gasteiger charge is 2.57. The molecule has 3 unspecified atom stereocenters. The van der Waals surface area contributed by atoms with Crippen LogP contribution in [0, 0.1) is 5.41 Å². The summed E-state index contributed by atoms with van der Waals surface area (Å²) in [6, 6.07) is 10.7. The maximum absolute atomic E-state index is 12.1. The van der Waals surface area contributed by atoms with Gasteiger partial charge in [0.05, 0.1) is 0 Å². The van der Waals surface area contributed by atoms with E-state index in [1.807, 2.05) is 18.2 Å². The molecule has 1 aromatic carbocycles. The van der Waals surface area contributed by atoms with Gasteiger partial charge in [0.15, 0.2) is 0 Å². The second-order valence-electron chi connectivity index (χ2n) is 7.78. The van der Waals surface area contributed by atoms with Gasteiger partial charge in [-0.2, -0.15) is 0 Å². The lowest BCUT2D eigenvalue weighted by Gasteiger charge is -2.56. The van der Waals surface area contributed by atoms with E-state index in [4.69, 9.17) is 4.74 Å². The molecule has 4 nitrogen and oxygen atoms in total. The van der Waals surface area contributed by atoms with Crippen molar-refractivity contribution >= 4 is 30.8 Å². The molecule has 3 atom stereocenters. The van der Waals surface area contributed by atoms with Crippen molar-refractivity contribution in [3.05, 3.63) is 35.9 Å². The fraction of sp³-hybridized carbons (Fsp3) is 0.667. The molecule has 1 aliphatic rings. The minimum Gasteiger partial charge on any atom is -0.454 e. The third-order valence-corrected chi connectivity index (χ3v) is 5.93. The highest BCUT2D eigenvalue weighted by molar-refractivity contribution is 5.85. The van der Waals surface area contributed by atoms with Crippen molar-refractivity contribution in [2.24, 2.45) is 5.41 Å². The quantitative estimate of drug-likeness (QED) is 0.642. The molecule has 0 bridgehead atoms. The van der Waals surface area contributed by atoms with E-state index in [0.717, 1.165) is 38.2 Å². The smallest absolute Gasteiger partial charge is 0.303 e. The van der Waals surface area contributed by atoms with Crippen LogP contribution in [-0.2, 0) is 15.1 Å². The van der Waals surface area contributed by atoms with E-state index in [1.165, 1.54) is 6.92 Å². The van der Waals surface area contributed by atoms with Gasteiger partial charge in [0.25, 0.3) is 0 Å². The first kappa shape index (κ1) is 26.2. The van der Waals surface area contributed by atoms with Gasteiger partial charge in [0, 0.05) is 37.9 Å². The lowest BCUT2D eigenvalue weighted by Crippen LogP contribution is -2.63. The van der Waals surface area contributed by atoms with Gasteiger partial charge in [-0.25, -0.2) is 0 Å². The zero-order valence-corrected chi connectivity index (χ0v) is 19.2. The predicted molar refractivity (Wildman–Crippen MR) is 117 cm³/mol. The first-order valence-corrected chi connectivity index (χ1v) is 9.45. The summed E-state index contributed by atoms with van der Waals surface area (Å²) in [6.45, 7) is 14.2. The Morgan fingerprint density at radius 1 is 1.22 bits per heavy atom. The molecule has 2 rings (SSSR count). The summed E-state index contributed by atoms with van der Waals surface area (Å²) < 4.78 is 6.20. The monoisotopic (exact) mass is 418 g/mol. The maximum atomic E-state index is 12.1. The Bertz CT molecular complexity index is 583. The zero-order chi connectivity index (χ0) is 18.7. The van der Waals surface area contributed by atoms with Crippen LogP contribution in [0.15, 0.2) is 30.3 Å². The zero-order valence-electron chi connectivity index (χ0n) is 17.5. The van der Waals surface area contributed by atoms with Crippen molar-refractivity contribution in [1.82, 2.24) is 9.80 Å². The molecule has 0 N–H and O–H groups in total. The summed E-state index contributed by atoms with van der Waals surface area (Å²) in [7, 11) is 2.17. The van der Waals surface area contributed by atoms with Crippen LogP contribution >= 0.6 is 24.8 Å². The maximum Gasteiger partial charge on any atom is 0.303 e. The number of carbonyl (C=O) groups is 1. The van der Waals surface area contributed by atoms with Crippen molar-refractivity contribution in [1.29, 1.82) is 0 Å². The summed E-state index contributed by atoms with van der Waals surface area (Å²) in [4.78, 5) is 17.0. The molecule has 1 saturated heterocycles. The number of esters is 1. The first-order chi connectivity index (χ1) is 11.8. The lowest BCUT2D eigenvalue weighted by molar-refractivity contribution is -0.199. The van der Waals surface area contributed by atoms with E-state index in [1.54, 1.807) is 0 Å². The molecule has 156 valence electrons. The van der Waals surface area contributed by atoms with Gasteiger partial charge in [-0.1, -0.05) is 51.1 Å². The highest BCUT2D eigenvalue weighted by Crippen LogP contribution is 2.51. The third-order valence-electron chi connectivity index (χ3n) is 5.93. The van der Waals surface area contributed by atoms with Gasteiger partial charge < -0.3 is 14.5 Å². The van der Waals surface area contributed by atoms with E-state index < -0.39 is 5.60 Å². The van der Waals surface area contributed by atoms with Crippen molar-refractivity contribution in [2.45, 2.75) is 52.7 Å². The van der Waals surface area contributed by atoms with Crippen LogP contribution in [0.3, 0.4) is 0 Å². The molecule has 0 radical (unpaired) electrons. The van der Waals surface area contributed by atoms with Gasteiger partial charge in [-0.05, 0) is 32.6 Å². The second-order valence-corrected chi connectivity index (χ2v) is 7.78. The van der Waals surface area contributed by atoms with Crippen molar-refractivity contribution < 1.29 is 9.53 Å². The molecule has 27 heavy (non-hydrogen) atoms. The van der Waals surface area contributed by atoms with Gasteiger partial charge >= 0.3 is 5.97 Å². The Hall–Kier alpha value is -0.810.